The molecule has 3 rings (SSSR count). The fourth-order valence-electron chi connectivity index (χ4n) is 2.34. The zero-order valence-electron chi connectivity index (χ0n) is 12.1. The van der Waals surface area contributed by atoms with Crippen LogP contribution in [-0.4, -0.2) is 5.11 Å². The Morgan fingerprint density at radius 2 is 1.73 bits per heavy atom. The molecule has 4 heteroatoms. The molecule has 0 amide bonds. The summed E-state index contributed by atoms with van der Waals surface area (Å²) in [6.07, 6.45) is 0. The van der Waals surface area contributed by atoms with Crippen molar-refractivity contribution in [3.05, 3.63) is 70.7 Å². The summed E-state index contributed by atoms with van der Waals surface area (Å²) >= 11 is 8.92. The van der Waals surface area contributed by atoms with Crippen molar-refractivity contribution in [1.82, 2.24) is 0 Å². The van der Waals surface area contributed by atoms with Gasteiger partial charge in [-0.3, -0.25) is 0 Å². The van der Waals surface area contributed by atoms with Crippen molar-refractivity contribution in [3.63, 3.8) is 0 Å². The summed E-state index contributed by atoms with van der Waals surface area (Å²) in [7, 11) is 0. The molecule has 0 atom stereocenters. The van der Waals surface area contributed by atoms with Gasteiger partial charge in [-0.15, -0.1) is 0 Å². The highest BCUT2D eigenvalue weighted by Crippen LogP contribution is 2.24. The van der Waals surface area contributed by atoms with Crippen LogP contribution in [0.1, 0.15) is 5.56 Å². The molecule has 0 saturated heterocycles. The van der Waals surface area contributed by atoms with Crippen LogP contribution in [-0.2, 0) is 0 Å². The van der Waals surface area contributed by atoms with E-state index in [9.17, 15) is 0 Å². The molecule has 0 bridgehead atoms. The molecule has 2 N–H and O–H groups in total. The van der Waals surface area contributed by atoms with E-state index in [1.807, 2.05) is 36.4 Å². The normalized spacial score (nSPS) is 10.5. The molecule has 110 valence electrons. The van der Waals surface area contributed by atoms with Gasteiger partial charge in [0.25, 0.3) is 0 Å². The highest BCUT2D eigenvalue weighted by atomic mass is 79.9. The highest BCUT2D eigenvalue weighted by molar-refractivity contribution is 9.10. The van der Waals surface area contributed by atoms with Crippen molar-refractivity contribution in [2.75, 3.05) is 10.6 Å². The van der Waals surface area contributed by atoms with Gasteiger partial charge in [-0.1, -0.05) is 52.3 Å². The second kappa shape index (κ2) is 6.46. The van der Waals surface area contributed by atoms with Gasteiger partial charge < -0.3 is 10.6 Å². The minimum Gasteiger partial charge on any atom is -0.332 e. The van der Waals surface area contributed by atoms with E-state index in [1.165, 1.54) is 5.39 Å². The molecule has 22 heavy (non-hydrogen) atoms. The Hall–Kier alpha value is -1.91. The first-order chi connectivity index (χ1) is 10.6. The molecule has 3 aromatic carbocycles. The monoisotopic (exact) mass is 370 g/mol. The van der Waals surface area contributed by atoms with Crippen LogP contribution in [0.2, 0.25) is 0 Å². The summed E-state index contributed by atoms with van der Waals surface area (Å²) in [5.74, 6) is 0. The van der Waals surface area contributed by atoms with Gasteiger partial charge in [-0.25, -0.2) is 0 Å². The van der Waals surface area contributed by atoms with E-state index >= 15 is 0 Å². The minimum absolute atomic E-state index is 0.582. The van der Waals surface area contributed by atoms with E-state index in [-0.39, 0.29) is 0 Å². The largest absolute Gasteiger partial charge is 0.332 e. The maximum atomic E-state index is 5.42. The molecule has 0 aliphatic heterocycles. The Kier molecular flexibility index (Phi) is 4.41. The van der Waals surface area contributed by atoms with Crippen LogP contribution in [0.5, 0.6) is 0 Å². The second-order valence-corrected chi connectivity index (χ2v) is 6.33. The number of thiocarbonyl (C=S) groups is 1. The topological polar surface area (TPSA) is 24.1 Å². The number of anilines is 2. The lowest BCUT2D eigenvalue weighted by atomic mass is 10.1. The van der Waals surface area contributed by atoms with Gasteiger partial charge in [-0.05, 0) is 54.4 Å². The summed E-state index contributed by atoms with van der Waals surface area (Å²) in [6.45, 7) is 2.05. The average Bonchev–Trinajstić information content (AvgIpc) is 2.51. The lowest BCUT2D eigenvalue weighted by Crippen LogP contribution is -2.19. The van der Waals surface area contributed by atoms with Gasteiger partial charge in [0.15, 0.2) is 5.11 Å². The highest BCUT2D eigenvalue weighted by Gasteiger charge is 2.04. The summed E-state index contributed by atoms with van der Waals surface area (Å²) in [6, 6.07) is 20.5. The van der Waals surface area contributed by atoms with Crippen molar-refractivity contribution in [1.29, 1.82) is 0 Å². The third-order valence-corrected chi connectivity index (χ3v) is 4.55. The van der Waals surface area contributed by atoms with Crippen LogP contribution in [0.15, 0.2) is 65.1 Å². The number of halogens is 1. The number of nitrogens with one attached hydrogen (secondary N) is 2. The number of aryl methyl sites for hydroxylation is 1. The van der Waals surface area contributed by atoms with E-state index in [2.05, 4.69) is 57.8 Å². The summed E-state index contributed by atoms with van der Waals surface area (Å²) in [5, 5.41) is 9.42. The first-order valence-corrected chi connectivity index (χ1v) is 8.15. The fourth-order valence-corrected chi connectivity index (χ4v) is 2.82. The SMILES string of the molecule is Cc1cc(NC(=S)Nc2cccc3ccccc23)ccc1Br. The third-order valence-electron chi connectivity index (χ3n) is 3.45. The Bertz CT molecular complexity index is 840. The molecule has 0 spiro atoms. The number of fused-ring (bicyclic) bond motifs is 1. The van der Waals surface area contributed by atoms with Crippen molar-refractivity contribution in [2.24, 2.45) is 0 Å². The van der Waals surface area contributed by atoms with Crippen molar-refractivity contribution in [3.8, 4) is 0 Å². The molecule has 0 saturated carbocycles. The van der Waals surface area contributed by atoms with Crippen molar-refractivity contribution in [2.45, 2.75) is 6.92 Å². The van der Waals surface area contributed by atoms with Crippen LogP contribution in [0.4, 0.5) is 11.4 Å². The Morgan fingerprint density at radius 3 is 2.55 bits per heavy atom. The maximum absolute atomic E-state index is 5.42. The summed E-state index contributed by atoms with van der Waals surface area (Å²) < 4.78 is 1.09. The van der Waals surface area contributed by atoms with Gasteiger partial charge in [0.1, 0.15) is 0 Å². The Labute approximate surface area is 143 Å². The lowest BCUT2D eigenvalue weighted by molar-refractivity contribution is 1.43. The molecular formula is C18H15BrN2S. The van der Waals surface area contributed by atoms with E-state index in [0.29, 0.717) is 5.11 Å². The van der Waals surface area contributed by atoms with Crippen LogP contribution in [0.25, 0.3) is 10.8 Å². The fraction of sp³-hybridized carbons (Fsp3) is 0.0556. The van der Waals surface area contributed by atoms with Gasteiger partial charge in [0, 0.05) is 21.2 Å². The third kappa shape index (κ3) is 3.29. The molecule has 3 aromatic rings. The quantitative estimate of drug-likeness (QED) is 0.564. The standard InChI is InChI=1S/C18H15BrN2S/c1-12-11-14(9-10-16(12)19)20-18(22)21-17-8-4-6-13-5-2-3-7-15(13)17/h2-11H,1H3,(H2,20,21,22). The predicted octanol–water partition coefficient (Wildman–Crippen LogP) is 5.72. The summed E-state index contributed by atoms with van der Waals surface area (Å²) in [4.78, 5) is 0. The van der Waals surface area contributed by atoms with E-state index in [1.54, 1.807) is 0 Å². The molecule has 0 heterocycles. The smallest absolute Gasteiger partial charge is 0.175 e. The Balaban J connectivity index is 1.80. The molecule has 0 aromatic heterocycles. The van der Waals surface area contributed by atoms with Crippen LogP contribution in [0, 0.1) is 6.92 Å². The minimum atomic E-state index is 0.582. The van der Waals surface area contributed by atoms with Crippen molar-refractivity contribution >= 4 is 55.4 Å². The average molecular weight is 371 g/mol. The van der Waals surface area contributed by atoms with Gasteiger partial charge >= 0.3 is 0 Å². The van der Waals surface area contributed by atoms with E-state index in [4.69, 9.17) is 12.2 Å². The van der Waals surface area contributed by atoms with Crippen LogP contribution < -0.4 is 10.6 Å². The van der Waals surface area contributed by atoms with Crippen LogP contribution >= 0.6 is 28.1 Å². The number of hydrogen-bond acceptors (Lipinski definition) is 1. The molecule has 0 unspecified atom stereocenters. The predicted molar refractivity (Wildman–Crippen MR) is 103 cm³/mol. The first-order valence-electron chi connectivity index (χ1n) is 6.95. The number of benzene rings is 3. The van der Waals surface area contributed by atoms with E-state index < -0.39 is 0 Å². The first kappa shape index (κ1) is 15.0. The number of hydrogen-bond donors (Lipinski definition) is 2. The lowest BCUT2D eigenvalue weighted by Gasteiger charge is -2.13. The maximum Gasteiger partial charge on any atom is 0.175 e. The molecule has 0 fully saturated rings. The van der Waals surface area contributed by atoms with Crippen molar-refractivity contribution < 1.29 is 0 Å². The molecule has 2 nitrogen and oxygen atoms in total. The van der Waals surface area contributed by atoms with Gasteiger partial charge in [0.05, 0.1) is 0 Å². The second-order valence-electron chi connectivity index (χ2n) is 5.07. The number of rotatable bonds is 2. The zero-order chi connectivity index (χ0) is 15.5. The Morgan fingerprint density at radius 1 is 0.955 bits per heavy atom. The van der Waals surface area contributed by atoms with Gasteiger partial charge in [0.2, 0.25) is 0 Å². The molecule has 0 aliphatic rings. The zero-order valence-corrected chi connectivity index (χ0v) is 14.5. The molecule has 0 radical (unpaired) electrons. The van der Waals surface area contributed by atoms with E-state index in [0.717, 1.165) is 26.8 Å². The van der Waals surface area contributed by atoms with Crippen LogP contribution in [0.3, 0.4) is 0 Å². The van der Waals surface area contributed by atoms with Gasteiger partial charge in [-0.2, -0.15) is 0 Å². The molecular weight excluding hydrogens is 356 g/mol. The molecule has 0 aliphatic carbocycles. The summed E-state index contributed by atoms with van der Waals surface area (Å²) in [5.41, 5.74) is 3.14.